The Hall–Kier alpha value is -1.43. The van der Waals surface area contributed by atoms with Crippen molar-refractivity contribution in [2.75, 3.05) is 19.6 Å². The molecular weight excluding hydrogens is 240 g/mol. The van der Waals surface area contributed by atoms with E-state index in [1.165, 1.54) is 0 Å². The van der Waals surface area contributed by atoms with Crippen LogP contribution in [0.2, 0.25) is 0 Å². The first-order chi connectivity index (χ1) is 9.27. The van der Waals surface area contributed by atoms with Gasteiger partial charge in [-0.2, -0.15) is 5.10 Å². The van der Waals surface area contributed by atoms with Gasteiger partial charge in [0.15, 0.2) is 0 Å². The first kappa shape index (κ1) is 12.6. The van der Waals surface area contributed by atoms with Gasteiger partial charge in [0.25, 0.3) is 0 Å². The van der Waals surface area contributed by atoms with Crippen LogP contribution in [0.3, 0.4) is 0 Å². The molecule has 3 N–H and O–H groups in total. The maximum Gasteiger partial charge on any atom is 0.0895 e. The van der Waals surface area contributed by atoms with Crippen LogP contribution in [0.15, 0.2) is 30.6 Å². The van der Waals surface area contributed by atoms with Crippen molar-refractivity contribution >= 4 is 5.52 Å². The number of nitrogens with zero attached hydrogens (tertiary/aromatic N) is 2. The molecule has 3 heterocycles. The Morgan fingerprint density at radius 1 is 1.47 bits per heavy atom. The van der Waals surface area contributed by atoms with E-state index in [0.29, 0.717) is 13.1 Å². The van der Waals surface area contributed by atoms with E-state index < -0.39 is 5.60 Å². The van der Waals surface area contributed by atoms with E-state index in [2.05, 4.69) is 21.8 Å². The summed E-state index contributed by atoms with van der Waals surface area (Å²) in [6, 6.07) is 6.04. The van der Waals surface area contributed by atoms with Gasteiger partial charge in [-0.05, 0) is 31.5 Å². The average Bonchev–Trinajstić information content (AvgIpc) is 2.83. The number of aliphatic hydroxyl groups is 1. The van der Waals surface area contributed by atoms with E-state index in [9.17, 15) is 5.11 Å². The van der Waals surface area contributed by atoms with Crippen molar-refractivity contribution in [1.29, 1.82) is 0 Å². The summed E-state index contributed by atoms with van der Waals surface area (Å²) in [5.74, 6) is 0. The molecule has 0 spiro atoms. The van der Waals surface area contributed by atoms with E-state index >= 15 is 0 Å². The second-order valence-electron chi connectivity index (χ2n) is 5.31. The van der Waals surface area contributed by atoms with Gasteiger partial charge >= 0.3 is 0 Å². The molecule has 0 amide bonds. The van der Waals surface area contributed by atoms with Crippen LogP contribution < -0.4 is 10.6 Å². The number of β-amino-alcohol motifs (C(OH)–C–C–N with tert-alkyl or cyclic N) is 1. The number of fused-ring (bicyclic) bond motifs is 1. The molecule has 0 saturated carbocycles. The lowest BCUT2D eigenvalue weighted by Crippen LogP contribution is -2.51. The zero-order chi connectivity index (χ0) is 13.1. The molecule has 1 unspecified atom stereocenters. The smallest absolute Gasteiger partial charge is 0.0895 e. The molecule has 0 radical (unpaired) electrons. The first-order valence-electron chi connectivity index (χ1n) is 6.82. The molecule has 0 bridgehead atoms. The Bertz CT molecular complexity index is 545. The van der Waals surface area contributed by atoms with Crippen LogP contribution in [0.4, 0.5) is 0 Å². The molecule has 19 heavy (non-hydrogen) atoms. The van der Waals surface area contributed by atoms with Crippen molar-refractivity contribution in [1.82, 2.24) is 20.2 Å². The minimum Gasteiger partial charge on any atom is -0.387 e. The highest BCUT2D eigenvalue weighted by atomic mass is 16.3. The molecule has 0 aromatic carbocycles. The lowest BCUT2D eigenvalue weighted by molar-refractivity contribution is 0.0169. The fourth-order valence-electron chi connectivity index (χ4n) is 2.66. The molecule has 1 atom stereocenters. The van der Waals surface area contributed by atoms with Gasteiger partial charge in [-0.25, -0.2) is 4.52 Å². The molecule has 1 saturated heterocycles. The Kier molecular flexibility index (Phi) is 3.50. The summed E-state index contributed by atoms with van der Waals surface area (Å²) in [6.07, 6.45) is 5.72. The highest BCUT2D eigenvalue weighted by Gasteiger charge is 2.28. The summed E-state index contributed by atoms with van der Waals surface area (Å²) in [5.41, 5.74) is 1.66. The van der Waals surface area contributed by atoms with Gasteiger partial charge in [0, 0.05) is 31.4 Å². The largest absolute Gasteiger partial charge is 0.387 e. The van der Waals surface area contributed by atoms with Crippen molar-refractivity contribution in [2.45, 2.75) is 25.0 Å². The molecule has 1 fully saturated rings. The van der Waals surface area contributed by atoms with Crippen LogP contribution in [-0.2, 0) is 6.54 Å². The molecule has 1 aliphatic heterocycles. The molecule has 1 aliphatic rings. The minimum atomic E-state index is -0.610. The highest BCUT2D eigenvalue weighted by Crippen LogP contribution is 2.15. The van der Waals surface area contributed by atoms with E-state index in [-0.39, 0.29) is 0 Å². The number of hydrogen-bond acceptors (Lipinski definition) is 4. The monoisotopic (exact) mass is 260 g/mol. The van der Waals surface area contributed by atoms with Crippen molar-refractivity contribution in [3.8, 4) is 0 Å². The van der Waals surface area contributed by atoms with E-state index in [1.807, 2.05) is 29.0 Å². The van der Waals surface area contributed by atoms with Gasteiger partial charge in [-0.3, -0.25) is 0 Å². The Labute approximate surface area is 112 Å². The van der Waals surface area contributed by atoms with Gasteiger partial charge in [0.1, 0.15) is 0 Å². The third-order valence-corrected chi connectivity index (χ3v) is 3.73. The molecule has 102 valence electrons. The van der Waals surface area contributed by atoms with Crippen molar-refractivity contribution in [3.05, 3.63) is 36.2 Å². The molecule has 5 nitrogen and oxygen atoms in total. The molecule has 2 aromatic heterocycles. The number of aromatic nitrogens is 2. The Morgan fingerprint density at radius 2 is 2.42 bits per heavy atom. The molecular formula is C14H20N4O. The second kappa shape index (κ2) is 5.28. The summed E-state index contributed by atoms with van der Waals surface area (Å²) >= 11 is 0. The summed E-state index contributed by atoms with van der Waals surface area (Å²) in [5, 5.41) is 21.3. The fraction of sp³-hybridized carbons (Fsp3) is 0.500. The van der Waals surface area contributed by atoms with Crippen molar-refractivity contribution in [2.24, 2.45) is 0 Å². The lowest BCUT2D eigenvalue weighted by Gasteiger charge is -2.32. The minimum absolute atomic E-state index is 0.610. The maximum absolute atomic E-state index is 10.4. The quantitative estimate of drug-likeness (QED) is 0.751. The molecule has 0 aliphatic carbocycles. The predicted octanol–water partition coefficient (Wildman–Crippen LogP) is 0.538. The van der Waals surface area contributed by atoms with Crippen LogP contribution in [-0.4, -0.2) is 40.0 Å². The summed E-state index contributed by atoms with van der Waals surface area (Å²) in [6.45, 7) is 3.03. The Morgan fingerprint density at radius 3 is 3.26 bits per heavy atom. The first-order valence-corrected chi connectivity index (χ1v) is 6.82. The van der Waals surface area contributed by atoms with Crippen LogP contribution in [0, 0.1) is 0 Å². The van der Waals surface area contributed by atoms with Gasteiger partial charge in [0.2, 0.25) is 0 Å². The third-order valence-electron chi connectivity index (χ3n) is 3.73. The zero-order valence-electron chi connectivity index (χ0n) is 11.0. The maximum atomic E-state index is 10.4. The van der Waals surface area contributed by atoms with Gasteiger partial charge < -0.3 is 15.7 Å². The standard InChI is InChI=1S/C14H20N4O/c19-14(5-3-6-15-10-14)11-16-8-12-9-17-18-7-2-1-4-13(12)18/h1-2,4,7,9,15-16,19H,3,5-6,8,10-11H2. The highest BCUT2D eigenvalue weighted by molar-refractivity contribution is 5.53. The zero-order valence-corrected chi connectivity index (χ0v) is 11.0. The summed E-state index contributed by atoms with van der Waals surface area (Å²) < 4.78 is 1.87. The number of piperidine rings is 1. The molecule has 3 rings (SSSR count). The average molecular weight is 260 g/mol. The number of nitrogens with one attached hydrogen (secondary N) is 2. The van der Waals surface area contributed by atoms with Gasteiger partial charge in [0.05, 0.1) is 17.3 Å². The summed E-state index contributed by atoms with van der Waals surface area (Å²) in [4.78, 5) is 0. The Balaban J connectivity index is 1.60. The van der Waals surface area contributed by atoms with Crippen LogP contribution >= 0.6 is 0 Å². The van der Waals surface area contributed by atoms with Crippen LogP contribution in [0.1, 0.15) is 18.4 Å². The number of rotatable bonds is 4. The number of hydrogen-bond donors (Lipinski definition) is 3. The topological polar surface area (TPSA) is 61.6 Å². The van der Waals surface area contributed by atoms with Crippen molar-refractivity contribution in [3.63, 3.8) is 0 Å². The fourth-order valence-corrected chi connectivity index (χ4v) is 2.66. The van der Waals surface area contributed by atoms with E-state index in [4.69, 9.17) is 0 Å². The predicted molar refractivity (Wildman–Crippen MR) is 74.0 cm³/mol. The SMILES string of the molecule is OC1(CNCc2cnn3ccccc23)CCCNC1. The third kappa shape index (κ3) is 2.78. The van der Waals surface area contributed by atoms with Crippen molar-refractivity contribution < 1.29 is 5.11 Å². The van der Waals surface area contributed by atoms with Gasteiger partial charge in [-0.15, -0.1) is 0 Å². The normalized spacial score (nSPS) is 23.8. The number of pyridine rings is 1. The molecule has 2 aromatic rings. The summed E-state index contributed by atoms with van der Waals surface area (Å²) in [7, 11) is 0. The lowest BCUT2D eigenvalue weighted by atomic mass is 9.94. The van der Waals surface area contributed by atoms with Crippen LogP contribution in [0.5, 0.6) is 0 Å². The second-order valence-corrected chi connectivity index (χ2v) is 5.31. The van der Waals surface area contributed by atoms with E-state index in [0.717, 1.165) is 37.0 Å². The van der Waals surface area contributed by atoms with Gasteiger partial charge in [-0.1, -0.05) is 6.07 Å². The van der Waals surface area contributed by atoms with E-state index in [1.54, 1.807) is 0 Å². The molecule has 5 heteroatoms. The van der Waals surface area contributed by atoms with Crippen LogP contribution in [0.25, 0.3) is 5.52 Å².